The number of aromatic nitrogens is 1. The van der Waals surface area contributed by atoms with E-state index in [4.69, 9.17) is 0 Å². The molecule has 0 fully saturated rings. The Morgan fingerprint density at radius 3 is 2.62 bits per heavy atom. The van der Waals surface area contributed by atoms with E-state index in [1.165, 1.54) is 6.07 Å². The minimum atomic E-state index is -0.185. The van der Waals surface area contributed by atoms with Crippen molar-refractivity contribution in [1.82, 2.24) is 4.98 Å². The molecule has 1 heterocycles. The molecule has 0 N–H and O–H groups in total. The highest BCUT2D eigenvalue weighted by Crippen LogP contribution is 2.25. The Labute approximate surface area is 95.3 Å². The zero-order valence-corrected chi connectivity index (χ0v) is 9.92. The van der Waals surface area contributed by atoms with Crippen molar-refractivity contribution < 1.29 is 4.39 Å². The SMILES string of the molecule is CCc1cc2cc(F)ccc2c(C(C)C)n1. The Balaban J connectivity index is 2.76. The number of fused-ring (bicyclic) bond motifs is 1. The average Bonchev–Trinajstić information content (AvgIpc) is 2.26. The van der Waals surface area contributed by atoms with Crippen molar-refractivity contribution in [2.24, 2.45) is 0 Å². The fraction of sp³-hybridized carbons (Fsp3) is 0.357. The van der Waals surface area contributed by atoms with Gasteiger partial charge in [0.15, 0.2) is 0 Å². The van der Waals surface area contributed by atoms with Crippen molar-refractivity contribution >= 4 is 10.8 Å². The number of nitrogens with zero attached hydrogens (tertiary/aromatic N) is 1. The predicted molar refractivity (Wildman–Crippen MR) is 65.2 cm³/mol. The number of pyridine rings is 1. The van der Waals surface area contributed by atoms with Gasteiger partial charge in [0.2, 0.25) is 0 Å². The van der Waals surface area contributed by atoms with E-state index in [9.17, 15) is 4.39 Å². The summed E-state index contributed by atoms with van der Waals surface area (Å²) in [5, 5.41) is 2.02. The fourth-order valence-corrected chi connectivity index (χ4v) is 1.93. The summed E-state index contributed by atoms with van der Waals surface area (Å²) in [6, 6.07) is 6.89. The van der Waals surface area contributed by atoms with Gasteiger partial charge >= 0.3 is 0 Å². The van der Waals surface area contributed by atoms with Gasteiger partial charge in [-0.25, -0.2) is 4.39 Å². The summed E-state index contributed by atoms with van der Waals surface area (Å²) in [7, 11) is 0. The molecule has 2 heteroatoms. The highest BCUT2D eigenvalue weighted by molar-refractivity contribution is 5.85. The minimum Gasteiger partial charge on any atom is -0.257 e. The molecule has 0 aliphatic carbocycles. The lowest BCUT2D eigenvalue weighted by Gasteiger charge is -2.11. The maximum absolute atomic E-state index is 13.2. The van der Waals surface area contributed by atoms with Gasteiger partial charge in [-0.15, -0.1) is 0 Å². The first-order chi connectivity index (χ1) is 7.61. The second-order valence-corrected chi connectivity index (χ2v) is 4.37. The third-order valence-electron chi connectivity index (χ3n) is 2.78. The van der Waals surface area contributed by atoms with Crippen molar-refractivity contribution in [2.45, 2.75) is 33.1 Å². The molecule has 2 aromatic rings. The van der Waals surface area contributed by atoms with Crippen LogP contribution < -0.4 is 0 Å². The molecule has 0 amide bonds. The van der Waals surface area contributed by atoms with Crippen molar-refractivity contribution in [3.63, 3.8) is 0 Å². The Morgan fingerprint density at radius 1 is 1.25 bits per heavy atom. The standard InChI is InChI=1S/C14H16FN/c1-4-12-8-10-7-11(15)5-6-13(10)14(16-12)9(2)3/h5-9H,4H2,1-3H3. The van der Waals surface area contributed by atoms with E-state index in [1.807, 2.05) is 12.1 Å². The Hall–Kier alpha value is -1.44. The van der Waals surface area contributed by atoms with Crippen LogP contribution in [0.1, 0.15) is 38.1 Å². The van der Waals surface area contributed by atoms with Gasteiger partial charge in [-0.05, 0) is 42.0 Å². The Kier molecular flexibility index (Phi) is 2.90. The largest absolute Gasteiger partial charge is 0.257 e. The number of hydrogen-bond acceptors (Lipinski definition) is 1. The smallest absolute Gasteiger partial charge is 0.123 e. The summed E-state index contributed by atoms with van der Waals surface area (Å²) >= 11 is 0. The van der Waals surface area contributed by atoms with Crippen molar-refractivity contribution in [3.05, 3.63) is 41.5 Å². The van der Waals surface area contributed by atoms with Gasteiger partial charge in [0.05, 0.1) is 5.69 Å². The summed E-state index contributed by atoms with van der Waals surface area (Å²) < 4.78 is 13.2. The fourth-order valence-electron chi connectivity index (χ4n) is 1.93. The summed E-state index contributed by atoms with van der Waals surface area (Å²) in [6.07, 6.45) is 0.881. The number of halogens is 1. The van der Waals surface area contributed by atoms with Crippen LogP contribution in [0.15, 0.2) is 24.3 Å². The van der Waals surface area contributed by atoms with Gasteiger partial charge in [-0.1, -0.05) is 20.8 Å². The van der Waals surface area contributed by atoms with E-state index >= 15 is 0 Å². The van der Waals surface area contributed by atoms with E-state index in [1.54, 1.807) is 6.07 Å². The average molecular weight is 217 g/mol. The molecule has 0 atom stereocenters. The third-order valence-corrected chi connectivity index (χ3v) is 2.78. The van der Waals surface area contributed by atoms with Crippen molar-refractivity contribution in [1.29, 1.82) is 0 Å². The molecule has 1 aromatic carbocycles. The number of hydrogen-bond donors (Lipinski definition) is 0. The molecular weight excluding hydrogens is 201 g/mol. The van der Waals surface area contributed by atoms with Crippen LogP contribution in [0.2, 0.25) is 0 Å². The van der Waals surface area contributed by atoms with Gasteiger partial charge in [0.25, 0.3) is 0 Å². The molecule has 0 aliphatic rings. The van der Waals surface area contributed by atoms with Crippen LogP contribution in [0.4, 0.5) is 4.39 Å². The molecule has 0 bridgehead atoms. The summed E-state index contributed by atoms with van der Waals surface area (Å²) in [5.74, 6) is 0.176. The van der Waals surface area contributed by atoms with E-state index in [0.717, 1.165) is 28.6 Å². The van der Waals surface area contributed by atoms with Gasteiger partial charge in [-0.2, -0.15) is 0 Å². The van der Waals surface area contributed by atoms with E-state index < -0.39 is 0 Å². The van der Waals surface area contributed by atoms with Crippen LogP contribution >= 0.6 is 0 Å². The predicted octanol–water partition coefficient (Wildman–Crippen LogP) is 4.06. The molecule has 2 rings (SSSR count). The maximum atomic E-state index is 13.2. The Morgan fingerprint density at radius 2 is 2.00 bits per heavy atom. The van der Waals surface area contributed by atoms with Gasteiger partial charge in [-0.3, -0.25) is 4.98 Å². The van der Waals surface area contributed by atoms with E-state index in [2.05, 4.69) is 25.8 Å². The van der Waals surface area contributed by atoms with Crippen LogP contribution in [-0.4, -0.2) is 4.98 Å². The monoisotopic (exact) mass is 217 g/mol. The zero-order valence-electron chi connectivity index (χ0n) is 9.92. The normalized spacial score (nSPS) is 11.3. The van der Waals surface area contributed by atoms with Gasteiger partial charge < -0.3 is 0 Å². The summed E-state index contributed by atoms with van der Waals surface area (Å²) in [5.41, 5.74) is 2.09. The maximum Gasteiger partial charge on any atom is 0.123 e. The van der Waals surface area contributed by atoms with Crippen molar-refractivity contribution in [2.75, 3.05) is 0 Å². The molecular formula is C14H16FN. The lowest BCUT2D eigenvalue weighted by molar-refractivity contribution is 0.629. The second kappa shape index (κ2) is 4.20. The molecule has 1 aromatic heterocycles. The van der Waals surface area contributed by atoms with Crippen LogP contribution in [0.3, 0.4) is 0 Å². The van der Waals surface area contributed by atoms with E-state index in [0.29, 0.717) is 5.92 Å². The van der Waals surface area contributed by atoms with Crippen LogP contribution in [-0.2, 0) is 6.42 Å². The molecule has 0 unspecified atom stereocenters. The molecule has 16 heavy (non-hydrogen) atoms. The molecule has 1 nitrogen and oxygen atoms in total. The lowest BCUT2D eigenvalue weighted by Crippen LogP contribution is -1.98. The Bertz CT molecular complexity index is 517. The zero-order chi connectivity index (χ0) is 11.7. The van der Waals surface area contributed by atoms with Gasteiger partial charge in [0.1, 0.15) is 5.82 Å². The minimum absolute atomic E-state index is 0.185. The van der Waals surface area contributed by atoms with Gasteiger partial charge in [0, 0.05) is 11.1 Å². The number of rotatable bonds is 2. The topological polar surface area (TPSA) is 12.9 Å². The van der Waals surface area contributed by atoms with Crippen LogP contribution in [0, 0.1) is 5.82 Å². The highest BCUT2D eigenvalue weighted by Gasteiger charge is 2.09. The highest BCUT2D eigenvalue weighted by atomic mass is 19.1. The summed E-state index contributed by atoms with van der Waals surface area (Å²) in [6.45, 7) is 6.30. The molecule has 0 saturated heterocycles. The quantitative estimate of drug-likeness (QED) is 0.739. The molecule has 84 valence electrons. The first-order valence-corrected chi connectivity index (χ1v) is 5.71. The van der Waals surface area contributed by atoms with Crippen LogP contribution in [0.25, 0.3) is 10.8 Å². The molecule has 0 saturated carbocycles. The lowest BCUT2D eigenvalue weighted by atomic mass is 10.0. The molecule has 0 radical (unpaired) electrons. The summed E-state index contributed by atoms with van der Waals surface area (Å²) in [4.78, 5) is 4.63. The third kappa shape index (κ3) is 1.92. The molecule has 0 spiro atoms. The first-order valence-electron chi connectivity index (χ1n) is 5.71. The van der Waals surface area contributed by atoms with Crippen molar-refractivity contribution in [3.8, 4) is 0 Å². The number of aryl methyl sites for hydroxylation is 1. The second-order valence-electron chi connectivity index (χ2n) is 4.37. The van der Waals surface area contributed by atoms with E-state index in [-0.39, 0.29) is 5.82 Å². The van der Waals surface area contributed by atoms with Crippen LogP contribution in [0.5, 0.6) is 0 Å². The number of benzene rings is 1. The first kappa shape index (κ1) is 11.1. The molecule has 0 aliphatic heterocycles.